The van der Waals surface area contributed by atoms with Crippen LogP contribution in [0.15, 0.2) is 24.3 Å². The molecule has 100 valence electrons. The summed E-state index contributed by atoms with van der Waals surface area (Å²) in [5.74, 6) is -0.00327. The van der Waals surface area contributed by atoms with Crippen molar-refractivity contribution >= 4 is 17.5 Å². The molecule has 1 atom stereocenters. The SMILES string of the molecule is COC(CNC(=O)CCCN)c1ccc(Cl)cc1. The van der Waals surface area contributed by atoms with Gasteiger partial charge in [0.2, 0.25) is 5.91 Å². The Morgan fingerprint density at radius 1 is 1.44 bits per heavy atom. The minimum Gasteiger partial charge on any atom is -0.375 e. The van der Waals surface area contributed by atoms with Crippen molar-refractivity contribution < 1.29 is 9.53 Å². The third-order valence-electron chi connectivity index (χ3n) is 2.62. The fourth-order valence-electron chi connectivity index (χ4n) is 1.57. The van der Waals surface area contributed by atoms with E-state index in [0.717, 1.165) is 5.56 Å². The Kier molecular flexibility index (Phi) is 6.72. The van der Waals surface area contributed by atoms with Crippen molar-refractivity contribution in [3.63, 3.8) is 0 Å². The zero-order valence-corrected chi connectivity index (χ0v) is 11.2. The number of nitrogens with one attached hydrogen (secondary N) is 1. The molecule has 3 N–H and O–H groups in total. The topological polar surface area (TPSA) is 64.3 Å². The van der Waals surface area contributed by atoms with Crippen molar-refractivity contribution in [3.8, 4) is 0 Å². The first-order valence-corrected chi connectivity index (χ1v) is 6.30. The molecule has 0 saturated carbocycles. The van der Waals surface area contributed by atoms with Crippen molar-refractivity contribution in [2.45, 2.75) is 18.9 Å². The van der Waals surface area contributed by atoms with Crippen molar-refractivity contribution in [3.05, 3.63) is 34.9 Å². The molecular weight excluding hydrogens is 252 g/mol. The highest BCUT2D eigenvalue weighted by atomic mass is 35.5. The number of halogens is 1. The molecule has 18 heavy (non-hydrogen) atoms. The maximum Gasteiger partial charge on any atom is 0.220 e. The number of amides is 1. The van der Waals surface area contributed by atoms with E-state index in [4.69, 9.17) is 22.1 Å². The fraction of sp³-hybridized carbons (Fsp3) is 0.462. The number of benzene rings is 1. The second-order valence-corrected chi connectivity index (χ2v) is 4.41. The van der Waals surface area contributed by atoms with E-state index in [9.17, 15) is 4.79 Å². The van der Waals surface area contributed by atoms with Gasteiger partial charge in [-0.2, -0.15) is 0 Å². The number of rotatable bonds is 7. The van der Waals surface area contributed by atoms with E-state index in [0.29, 0.717) is 31.0 Å². The monoisotopic (exact) mass is 270 g/mol. The van der Waals surface area contributed by atoms with E-state index in [1.54, 1.807) is 19.2 Å². The van der Waals surface area contributed by atoms with Crippen LogP contribution in [0.1, 0.15) is 24.5 Å². The number of methoxy groups -OCH3 is 1. The molecule has 1 aromatic rings. The van der Waals surface area contributed by atoms with Gasteiger partial charge < -0.3 is 15.8 Å². The van der Waals surface area contributed by atoms with Gasteiger partial charge in [-0.1, -0.05) is 23.7 Å². The van der Waals surface area contributed by atoms with Crippen molar-refractivity contribution in [1.29, 1.82) is 0 Å². The number of carbonyl (C=O) groups excluding carboxylic acids is 1. The van der Waals surface area contributed by atoms with Crippen LogP contribution in [0.5, 0.6) is 0 Å². The van der Waals surface area contributed by atoms with Crippen molar-refractivity contribution in [2.75, 3.05) is 20.2 Å². The molecule has 0 aliphatic rings. The predicted molar refractivity (Wildman–Crippen MR) is 72.5 cm³/mol. The van der Waals surface area contributed by atoms with Crippen molar-refractivity contribution in [2.24, 2.45) is 5.73 Å². The van der Waals surface area contributed by atoms with Crippen LogP contribution in [0.2, 0.25) is 5.02 Å². The summed E-state index contributed by atoms with van der Waals surface area (Å²) in [7, 11) is 1.62. The lowest BCUT2D eigenvalue weighted by Gasteiger charge is -2.16. The van der Waals surface area contributed by atoms with E-state index in [1.807, 2.05) is 12.1 Å². The first-order valence-electron chi connectivity index (χ1n) is 5.92. The minimum atomic E-state index is -0.163. The van der Waals surface area contributed by atoms with Gasteiger partial charge in [0.25, 0.3) is 0 Å². The van der Waals surface area contributed by atoms with E-state index < -0.39 is 0 Å². The van der Waals surface area contributed by atoms with Gasteiger partial charge in [0.15, 0.2) is 0 Å². The van der Waals surface area contributed by atoms with Crippen molar-refractivity contribution in [1.82, 2.24) is 5.32 Å². The summed E-state index contributed by atoms with van der Waals surface area (Å²) < 4.78 is 5.35. The molecule has 5 heteroatoms. The highest BCUT2D eigenvalue weighted by Crippen LogP contribution is 2.18. The summed E-state index contributed by atoms with van der Waals surface area (Å²) in [5.41, 5.74) is 6.33. The van der Waals surface area contributed by atoms with Gasteiger partial charge in [0.05, 0.1) is 6.10 Å². The van der Waals surface area contributed by atoms with E-state index >= 15 is 0 Å². The van der Waals surface area contributed by atoms with Crippen LogP contribution in [-0.2, 0) is 9.53 Å². The number of carbonyl (C=O) groups is 1. The quantitative estimate of drug-likeness (QED) is 0.795. The Balaban J connectivity index is 2.47. The maximum absolute atomic E-state index is 11.5. The molecule has 1 rings (SSSR count). The molecule has 0 aliphatic carbocycles. The van der Waals surface area contributed by atoms with Gasteiger partial charge >= 0.3 is 0 Å². The summed E-state index contributed by atoms with van der Waals surface area (Å²) in [5, 5.41) is 3.51. The van der Waals surface area contributed by atoms with Crippen LogP contribution in [0.4, 0.5) is 0 Å². The van der Waals surface area contributed by atoms with E-state index in [2.05, 4.69) is 5.32 Å². The van der Waals surface area contributed by atoms with Crippen LogP contribution in [0.3, 0.4) is 0 Å². The number of ether oxygens (including phenoxy) is 1. The van der Waals surface area contributed by atoms with Crippen LogP contribution in [0.25, 0.3) is 0 Å². The normalized spacial score (nSPS) is 12.2. The zero-order chi connectivity index (χ0) is 13.4. The van der Waals surface area contributed by atoms with Gasteiger partial charge in [0.1, 0.15) is 0 Å². The van der Waals surface area contributed by atoms with Crippen LogP contribution in [0, 0.1) is 0 Å². The lowest BCUT2D eigenvalue weighted by molar-refractivity contribution is -0.121. The average molecular weight is 271 g/mol. The predicted octanol–water partition coefficient (Wildman–Crippen LogP) is 1.88. The molecule has 1 unspecified atom stereocenters. The van der Waals surface area contributed by atoms with E-state index in [-0.39, 0.29) is 12.0 Å². The van der Waals surface area contributed by atoms with Gasteiger partial charge in [-0.15, -0.1) is 0 Å². The number of hydrogen-bond acceptors (Lipinski definition) is 3. The molecule has 0 aliphatic heterocycles. The fourth-order valence-corrected chi connectivity index (χ4v) is 1.70. The lowest BCUT2D eigenvalue weighted by Crippen LogP contribution is -2.29. The first kappa shape index (κ1) is 15.0. The summed E-state index contributed by atoms with van der Waals surface area (Å²) >= 11 is 5.82. The van der Waals surface area contributed by atoms with E-state index in [1.165, 1.54) is 0 Å². The van der Waals surface area contributed by atoms with Crippen LogP contribution >= 0.6 is 11.6 Å². The minimum absolute atomic E-state index is 0.00327. The molecule has 0 bridgehead atoms. The third kappa shape index (κ3) is 5.04. The molecular formula is C13H19ClN2O2. The summed E-state index contributed by atoms with van der Waals surface area (Å²) in [6.07, 6.45) is 0.988. The summed E-state index contributed by atoms with van der Waals surface area (Å²) in [6.45, 7) is 0.972. The molecule has 0 heterocycles. The van der Waals surface area contributed by atoms with Gasteiger partial charge in [-0.25, -0.2) is 0 Å². The Hall–Kier alpha value is -1.10. The Bertz CT molecular complexity index is 368. The zero-order valence-electron chi connectivity index (χ0n) is 10.5. The Morgan fingerprint density at radius 2 is 2.11 bits per heavy atom. The third-order valence-corrected chi connectivity index (χ3v) is 2.87. The molecule has 0 fully saturated rings. The number of hydrogen-bond donors (Lipinski definition) is 2. The standard InChI is InChI=1S/C13H19ClN2O2/c1-18-12(9-16-13(17)3-2-8-15)10-4-6-11(14)7-5-10/h4-7,12H,2-3,8-9,15H2,1H3,(H,16,17). The van der Waals surface area contributed by atoms with Gasteiger partial charge in [-0.05, 0) is 30.7 Å². The molecule has 4 nitrogen and oxygen atoms in total. The first-order chi connectivity index (χ1) is 8.67. The number of nitrogens with two attached hydrogens (primary N) is 1. The smallest absolute Gasteiger partial charge is 0.220 e. The second kappa shape index (κ2) is 8.08. The largest absolute Gasteiger partial charge is 0.375 e. The average Bonchev–Trinajstić information content (AvgIpc) is 2.39. The van der Waals surface area contributed by atoms with Gasteiger partial charge in [-0.3, -0.25) is 4.79 Å². The summed E-state index contributed by atoms with van der Waals surface area (Å²) in [6, 6.07) is 7.39. The lowest BCUT2D eigenvalue weighted by atomic mass is 10.1. The maximum atomic E-state index is 11.5. The molecule has 1 aromatic carbocycles. The second-order valence-electron chi connectivity index (χ2n) is 3.97. The van der Waals surface area contributed by atoms with Crippen LogP contribution < -0.4 is 11.1 Å². The molecule has 0 aromatic heterocycles. The highest BCUT2D eigenvalue weighted by molar-refractivity contribution is 6.30. The molecule has 0 saturated heterocycles. The Labute approximate surface area is 112 Å². The van der Waals surface area contributed by atoms with Gasteiger partial charge in [0, 0.05) is 25.1 Å². The molecule has 1 amide bonds. The highest BCUT2D eigenvalue weighted by Gasteiger charge is 2.11. The molecule has 0 radical (unpaired) electrons. The summed E-state index contributed by atoms with van der Waals surface area (Å²) in [4.78, 5) is 11.5. The Morgan fingerprint density at radius 3 is 2.67 bits per heavy atom. The molecule has 0 spiro atoms. The van der Waals surface area contributed by atoms with Crippen LogP contribution in [-0.4, -0.2) is 26.1 Å².